The molecule has 30 heavy (non-hydrogen) atoms. The van der Waals surface area contributed by atoms with E-state index in [4.69, 9.17) is 16.3 Å². The number of aromatic nitrogens is 2. The van der Waals surface area contributed by atoms with Gasteiger partial charge in [0.1, 0.15) is 5.75 Å². The number of piperidine rings is 1. The maximum Gasteiger partial charge on any atom is 0.253 e. The Balaban J connectivity index is 1.32. The molecule has 0 radical (unpaired) electrons. The molecule has 3 aromatic rings. The van der Waals surface area contributed by atoms with Gasteiger partial charge in [0.05, 0.1) is 11.6 Å². The molecule has 8 heteroatoms. The number of hydrogen-bond acceptors (Lipinski definition) is 6. The molecule has 0 saturated carbocycles. The fourth-order valence-corrected chi connectivity index (χ4v) is 4.61. The number of halogens is 1. The van der Waals surface area contributed by atoms with Crippen LogP contribution in [0, 0.1) is 0 Å². The first-order valence-corrected chi connectivity index (χ1v) is 11.2. The molecule has 1 N–H and O–H groups in total. The second kappa shape index (κ2) is 9.45. The largest absolute Gasteiger partial charge is 0.494 e. The van der Waals surface area contributed by atoms with Gasteiger partial charge in [-0.2, -0.15) is 0 Å². The Morgan fingerprint density at radius 2 is 1.90 bits per heavy atom. The number of likely N-dealkylation sites (tertiary alicyclic amines) is 1. The molecule has 1 aliphatic heterocycles. The van der Waals surface area contributed by atoms with Crippen LogP contribution < -0.4 is 10.1 Å². The molecule has 0 atom stereocenters. The zero-order chi connectivity index (χ0) is 20.9. The Bertz CT molecular complexity index is 1000. The molecular weight excluding hydrogens is 420 g/mol. The van der Waals surface area contributed by atoms with Gasteiger partial charge in [0.15, 0.2) is 5.01 Å². The van der Waals surface area contributed by atoms with Crippen molar-refractivity contribution in [3.8, 4) is 16.3 Å². The van der Waals surface area contributed by atoms with Crippen LogP contribution in [0.25, 0.3) is 10.6 Å². The number of amides is 1. The molecule has 0 bridgehead atoms. The number of benzene rings is 2. The van der Waals surface area contributed by atoms with E-state index in [-0.39, 0.29) is 11.9 Å². The van der Waals surface area contributed by atoms with Crippen LogP contribution in [0.2, 0.25) is 5.02 Å². The van der Waals surface area contributed by atoms with Crippen LogP contribution in [0.3, 0.4) is 0 Å². The first kappa shape index (κ1) is 20.6. The van der Waals surface area contributed by atoms with Crippen molar-refractivity contribution in [1.29, 1.82) is 0 Å². The van der Waals surface area contributed by atoms with Gasteiger partial charge in [-0.15, -0.1) is 10.2 Å². The lowest BCUT2D eigenvalue weighted by Gasteiger charge is -2.32. The van der Waals surface area contributed by atoms with Crippen molar-refractivity contribution in [1.82, 2.24) is 15.1 Å². The second-order valence-corrected chi connectivity index (χ2v) is 8.45. The highest BCUT2D eigenvalue weighted by atomic mass is 35.5. The molecule has 6 nitrogen and oxygen atoms in total. The maximum absolute atomic E-state index is 12.8. The predicted octanol–water partition coefficient (Wildman–Crippen LogP) is 4.97. The van der Waals surface area contributed by atoms with Gasteiger partial charge in [0.25, 0.3) is 5.91 Å². The predicted molar refractivity (Wildman–Crippen MR) is 121 cm³/mol. The molecule has 1 aromatic heterocycles. The zero-order valence-electron chi connectivity index (χ0n) is 16.7. The highest BCUT2D eigenvalue weighted by molar-refractivity contribution is 7.18. The van der Waals surface area contributed by atoms with Crippen molar-refractivity contribution in [2.24, 2.45) is 0 Å². The third-order valence-electron chi connectivity index (χ3n) is 5.05. The standard InChI is InChI=1S/C22H23ClN4O2S/c1-2-29-17-9-7-15(8-10-17)21(28)27-13-11-16(12-14-27)24-22-26-25-20(30-22)18-5-3-4-6-19(18)23/h3-10,16H,2,11-14H2,1H3,(H,24,26). The molecule has 1 fully saturated rings. The number of nitrogens with one attached hydrogen (secondary N) is 1. The summed E-state index contributed by atoms with van der Waals surface area (Å²) in [5.74, 6) is 0.846. The van der Waals surface area contributed by atoms with E-state index >= 15 is 0 Å². The number of carbonyl (C=O) groups excluding carboxylic acids is 1. The van der Waals surface area contributed by atoms with E-state index in [1.165, 1.54) is 11.3 Å². The average Bonchev–Trinajstić information content (AvgIpc) is 3.23. The lowest BCUT2D eigenvalue weighted by molar-refractivity contribution is 0.0718. The van der Waals surface area contributed by atoms with Crippen LogP contribution in [-0.2, 0) is 0 Å². The van der Waals surface area contributed by atoms with E-state index < -0.39 is 0 Å². The van der Waals surface area contributed by atoms with Crippen molar-refractivity contribution in [2.45, 2.75) is 25.8 Å². The minimum atomic E-state index is 0.0634. The Labute approximate surface area is 184 Å². The number of nitrogens with zero attached hydrogens (tertiary/aromatic N) is 3. The van der Waals surface area contributed by atoms with Crippen molar-refractivity contribution in [3.05, 3.63) is 59.1 Å². The third-order valence-corrected chi connectivity index (χ3v) is 6.27. The van der Waals surface area contributed by atoms with Gasteiger partial charge in [-0.25, -0.2) is 0 Å². The molecule has 2 aromatic carbocycles. The lowest BCUT2D eigenvalue weighted by atomic mass is 10.0. The minimum Gasteiger partial charge on any atom is -0.494 e. The molecule has 0 spiro atoms. The van der Waals surface area contributed by atoms with E-state index in [0.717, 1.165) is 34.3 Å². The molecule has 1 saturated heterocycles. The van der Waals surface area contributed by atoms with Gasteiger partial charge in [-0.3, -0.25) is 4.79 Å². The summed E-state index contributed by atoms with van der Waals surface area (Å²) in [4.78, 5) is 14.7. The molecular formula is C22H23ClN4O2S. The number of carbonyl (C=O) groups is 1. The van der Waals surface area contributed by atoms with Crippen LogP contribution in [0.4, 0.5) is 5.13 Å². The minimum absolute atomic E-state index is 0.0634. The first-order valence-electron chi connectivity index (χ1n) is 10.0. The van der Waals surface area contributed by atoms with E-state index in [1.54, 1.807) is 0 Å². The summed E-state index contributed by atoms with van der Waals surface area (Å²) in [7, 11) is 0. The molecule has 4 rings (SSSR count). The highest BCUT2D eigenvalue weighted by Crippen LogP contribution is 2.32. The molecule has 1 aliphatic rings. The molecule has 156 valence electrons. The quantitative estimate of drug-likeness (QED) is 0.583. The van der Waals surface area contributed by atoms with Crippen LogP contribution in [0.15, 0.2) is 48.5 Å². The number of rotatable bonds is 6. The summed E-state index contributed by atoms with van der Waals surface area (Å²) < 4.78 is 5.44. The molecule has 1 amide bonds. The fraction of sp³-hybridized carbons (Fsp3) is 0.318. The van der Waals surface area contributed by atoms with Crippen molar-refractivity contribution in [3.63, 3.8) is 0 Å². The lowest BCUT2D eigenvalue weighted by Crippen LogP contribution is -2.42. The van der Waals surface area contributed by atoms with Gasteiger partial charge in [-0.1, -0.05) is 41.1 Å². The highest BCUT2D eigenvalue weighted by Gasteiger charge is 2.24. The van der Waals surface area contributed by atoms with Crippen molar-refractivity contribution >= 4 is 34.0 Å². The SMILES string of the molecule is CCOc1ccc(C(=O)N2CCC(Nc3nnc(-c4ccccc4Cl)s3)CC2)cc1. The van der Waals surface area contributed by atoms with E-state index in [1.807, 2.05) is 60.4 Å². The normalized spacial score (nSPS) is 14.5. The third kappa shape index (κ3) is 4.74. The van der Waals surface area contributed by atoms with Crippen molar-refractivity contribution < 1.29 is 9.53 Å². The molecule has 2 heterocycles. The van der Waals surface area contributed by atoms with Crippen molar-refractivity contribution in [2.75, 3.05) is 25.0 Å². The molecule has 0 aliphatic carbocycles. The van der Waals surface area contributed by atoms with Crippen LogP contribution >= 0.6 is 22.9 Å². The summed E-state index contributed by atoms with van der Waals surface area (Å²) in [6.45, 7) is 3.97. The molecule has 0 unspecified atom stereocenters. The van der Waals surface area contributed by atoms with E-state index in [0.29, 0.717) is 30.3 Å². The summed E-state index contributed by atoms with van der Waals surface area (Å²) >= 11 is 7.75. The van der Waals surface area contributed by atoms with Gasteiger partial charge in [-0.05, 0) is 50.1 Å². The average molecular weight is 443 g/mol. The summed E-state index contributed by atoms with van der Waals surface area (Å²) in [5.41, 5.74) is 1.58. The maximum atomic E-state index is 12.8. The smallest absolute Gasteiger partial charge is 0.253 e. The summed E-state index contributed by atoms with van der Waals surface area (Å²) in [5, 5.41) is 14.2. The topological polar surface area (TPSA) is 67.3 Å². The van der Waals surface area contributed by atoms with E-state index in [9.17, 15) is 4.79 Å². The summed E-state index contributed by atoms with van der Waals surface area (Å²) in [6.07, 6.45) is 1.73. The van der Waals surface area contributed by atoms with Crippen LogP contribution in [0.5, 0.6) is 5.75 Å². The van der Waals surface area contributed by atoms with Gasteiger partial charge in [0.2, 0.25) is 5.13 Å². The summed E-state index contributed by atoms with van der Waals surface area (Å²) in [6, 6.07) is 15.2. The first-order chi connectivity index (χ1) is 14.6. The second-order valence-electron chi connectivity index (χ2n) is 7.06. The Morgan fingerprint density at radius 3 is 2.60 bits per heavy atom. The monoisotopic (exact) mass is 442 g/mol. The number of hydrogen-bond donors (Lipinski definition) is 1. The zero-order valence-corrected chi connectivity index (χ0v) is 18.2. The Kier molecular flexibility index (Phi) is 6.50. The van der Waals surface area contributed by atoms with Crippen LogP contribution in [0.1, 0.15) is 30.1 Å². The van der Waals surface area contributed by atoms with E-state index in [2.05, 4.69) is 15.5 Å². The fourth-order valence-electron chi connectivity index (χ4n) is 3.47. The number of ether oxygens (including phenoxy) is 1. The number of anilines is 1. The Morgan fingerprint density at radius 1 is 1.17 bits per heavy atom. The van der Waals surface area contributed by atoms with Gasteiger partial charge < -0.3 is 15.0 Å². The van der Waals surface area contributed by atoms with Gasteiger partial charge in [0, 0.05) is 30.3 Å². The Hall–Kier alpha value is -2.64. The van der Waals surface area contributed by atoms with Gasteiger partial charge >= 0.3 is 0 Å². The van der Waals surface area contributed by atoms with Crippen LogP contribution in [-0.4, -0.2) is 46.7 Å².